The molecule has 1 amide bonds. The molecule has 1 fully saturated rings. The number of fused-ring (bicyclic) bond motifs is 1. The van der Waals surface area contributed by atoms with Gasteiger partial charge in [-0.15, -0.1) is 0 Å². The van der Waals surface area contributed by atoms with Crippen LogP contribution in [-0.2, 0) is 22.5 Å². The minimum Gasteiger partial charge on any atom is -0.378 e. The Morgan fingerprint density at radius 2 is 2.04 bits per heavy atom. The molecule has 5 heteroatoms. The van der Waals surface area contributed by atoms with Crippen molar-refractivity contribution in [2.45, 2.75) is 31.7 Å². The Morgan fingerprint density at radius 3 is 2.92 bits per heavy atom. The Morgan fingerprint density at radius 1 is 1.19 bits per heavy atom. The molecule has 4 rings (SSSR count). The van der Waals surface area contributed by atoms with Crippen molar-refractivity contribution < 1.29 is 9.53 Å². The molecule has 2 heterocycles. The number of carbonyl (C=O) groups is 1. The molecule has 1 aliphatic carbocycles. The summed E-state index contributed by atoms with van der Waals surface area (Å²) in [6.45, 7) is 3.66. The average Bonchev–Trinajstić information content (AvgIpc) is 3.10. The summed E-state index contributed by atoms with van der Waals surface area (Å²) in [6, 6.07) is 12.5. The van der Waals surface area contributed by atoms with Crippen molar-refractivity contribution in [3.63, 3.8) is 0 Å². The van der Waals surface area contributed by atoms with E-state index in [4.69, 9.17) is 4.74 Å². The van der Waals surface area contributed by atoms with Crippen molar-refractivity contribution in [1.29, 1.82) is 0 Å². The van der Waals surface area contributed by atoms with Crippen molar-refractivity contribution >= 4 is 11.7 Å². The number of amides is 1. The maximum atomic E-state index is 12.5. The summed E-state index contributed by atoms with van der Waals surface area (Å²) in [5.74, 6) is 1.42. The molecule has 5 nitrogen and oxygen atoms in total. The summed E-state index contributed by atoms with van der Waals surface area (Å²) in [4.78, 5) is 19.3. The summed E-state index contributed by atoms with van der Waals surface area (Å²) in [5, 5.41) is 3.10. The number of pyridine rings is 1. The molecule has 2 aromatic rings. The number of aromatic nitrogens is 1. The number of nitrogens with zero attached hydrogens (tertiary/aromatic N) is 2. The minimum absolute atomic E-state index is 0.114. The lowest BCUT2D eigenvalue weighted by molar-refractivity contribution is -0.121. The highest BCUT2D eigenvalue weighted by atomic mass is 16.5. The number of anilines is 1. The Hall–Kier alpha value is -2.40. The van der Waals surface area contributed by atoms with Gasteiger partial charge in [0.15, 0.2) is 0 Å². The first-order valence-electron chi connectivity index (χ1n) is 9.42. The lowest BCUT2D eigenvalue weighted by atomic mass is 9.97. The normalized spacial score (nSPS) is 19.2. The van der Waals surface area contributed by atoms with Crippen molar-refractivity contribution in [2.75, 3.05) is 31.2 Å². The smallest absolute Gasteiger partial charge is 0.220 e. The van der Waals surface area contributed by atoms with Gasteiger partial charge in [0.2, 0.25) is 5.91 Å². The molecule has 1 saturated heterocycles. The van der Waals surface area contributed by atoms with Gasteiger partial charge >= 0.3 is 0 Å². The zero-order valence-corrected chi connectivity index (χ0v) is 15.0. The summed E-state index contributed by atoms with van der Waals surface area (Å²) in [6.07, 6.45) is 4.52. The molecule has 0 spiro atoms. The van der Waals surface area contributed by atoms with Crippen LogP contribution >= 0.6 is 0 Å². The van der Waals surface area contributed by atoms with E-state index in [0.29, 0.717) is 18.9 Å². The maximum Gasteiger partial charge on any atom is 0.220 e. The number of aryl methyl sites for hydroxylation is 1. The Labute approximate surface area is 154 Å². The number of hydrogen-bond donors (Lipinski definition) is 1. The maximum absolute atomic E-state index is 12.5. The quantitative estimate of drug-likeness (QED) is 0.900. The first kappa shape index (κ1) is 17.0. The third-order valence-electron chi connectivity index (χ3n) is 5.34. The van der Waals surface area contributed by atoms with Crippen LogP contribution in [0.3, 0.4) is 0 Å². The highest BCUT2D eigenvalue weighted by Crippen LogP contribution is 2.35. The lowest BCUT2D eigenvalue weighted by Gasteiger charge is -2.29. The third kappa shape index (κ3) is 3.73. The largest absolute Gasteiger partial charge is 0.378 e. The second-order valence-electron chi connectivity index (χ2n) is 7.00. The molecule has 2 aliphatic rings. The molecule has 1 aliphatic heterocycles. The predicted molar refractivity (Wildman–Crippen MR) is 101 cm³/mol. The van der Waals surface area contributed by atoms with Crippen molar-refractivity contribution in [3.05, 3.63) is 59.3 Å². The van der Waals surface area contributed by atoms with Gasteiger partial charge in [0.1, 0.15) is 5.82 Å². The molecule has 26 heavy (non-hydrogen) atoms. The van der Waals surface area contributed by atoms with E-state index in [-0.39, 0.29) is 5.91 Å². The minimum atomic E-state index is 0.114. The van der Waals surface area contributed by atoms with Gasteiger partial charge in [-0.25, -0.2) is 4.98 Å². The molecule has 0 radical (unpaired) electrons. The molecular formula is C21H25N3O2. The van der Waals surface area contributed by atoms with Crippen LogP contribution in [0.5, 0.6) is 0 Å². The van der Waals surface area contributed by atoms with E-state index in [1.807, 2.05) is 18.3 Å². The molecule has 0 bridgehead atoms. The van der Waals surface area contributed by atoms with Crippen LogP contribution in [0.25, 0.3) is 0 Å². The average molecular weight is 351 g/mol. The number of benzene rings is 1. The summed E-state index contributed by atoms with van der Waals surface area (Å²) in [7, 11) is 0. The van der Waals surface area contributed by atoms with Gasteiger partial charge in [0, 0.05) is 37.8 Å². The number of hydrogen-bond acceptors (Lipinski definition) is 4. The van der Waals surface area contributed by atoms with E-state index < -0.39 is 0 Å². The van der Waals surface area contributed by atoms with E-state index in [0.717, 1.165) is 50.5 Å². The Bertz CT molecular complexity index is 771. The fraction of sp³-hybridized carbons (Fsp3) is 0.429. The molecule has 136 valence electrons. The van der Waals surface area contributed by atoms with Crippen LogP contribution in [-0.4, -0.2) is 37.2 Å². The van der Waals surface area contributed by atoms with Crippen LogP contribution < -0.4 is 10.2 Å². The Balaban J connectivity index is 1.37. The number of nitrogens with one attached hydrogen (secondary N) is 1. The van der Waals surface area contributed by atoms with E-state index in [2.05, 4.69) is 39.5 Å². The topological polar surface area (TPSA) is 54.5 Å². The summed E-state index contributed by atoms with van der Waals surface area (Å²) < 4.78 is 5.42. The first-order valence-corrected chi connectivity index (χ1v) is 9.42. The molecule has 1 atom stereocenters. The fourth-order valence-corrected chi connectivity index (χ4v) is 3.98. The summed E-state index contributed by atoms with van der Waals surface area (Å²) >= 11 is 0. The summed E-state index contributed by atoms with van der Waals surface area (Å²) in [5.41, 5.74) is 3.81. The monoisotopic (exact) mass is 351 g/mol. The van der Waals surface area contributed by atoms with E-state index in [1.165, 1.54) is 11.1 Å². The highest BCUT2D eigenvalue weighted by molar-refractivity contribution is 5.77. The van der Waals surface area contributed by atoms with Gasteiger partial charge in [-0.2, -0.15) is 0 Å². The van der Waals surface area contributed by atoms with Gasteiger partial charge in [0.25, 0.3) is 0 Å². The van der Waals surface area contributed by atoms with Gasteiger partial charge in [0.05, 0.1) is 13.2 Å². The van der Waals surface area contributed by atoms with Crippen molar-refractivity contribution in [1.82, 2.24) is 10.3 Å². The standard InChI is InChI=1S/C21H25N3O2/c25-20(14-17-8-7-16-4-1-2-6-19(16)17)23-15-18-5-3-9-22-21(18)24-10-12-26-13-11-24/h1-6,9,17H,7-8,10-15H2,(H,23,25)/t17-/m0/s1. The van der Waals surface area contributed by atoms with Crippen molar-refractivity contribution in [3.8, 4) is 0 Å². The lowest BCUT2D eigenvalue weighted by Crippen LogP contribution is -2.37. The third-order valence-corrected chi connectivity index (χ3v) is 5.34. The predicted octanol–water partition coefficient (Wildman–Crippen LogP) is 2.65. The van der Waals surface area contributed by atoms with E-state index in [1.54, 1.807) is 0 Å². The van der Waals surface area contributed by atoms with Gasteiger partial charge in [-0.05, 0) is 36.0 Å². The molecule has 1 N–H and O–H groups in total. The van der Waals surface area contributed by atoms with E-state index in [9.17, 15) is 4.79 Å². The zero-order chi connectivity index (χ0) is 17.8. The molecule has 0 unspecified atom stereocenters. The van der Waals surface area contributed by atoms with Crippen LogP contribution in [0.2, 0.25) is 0 Å². The molecule has 1 aromatic heterocycles. The van der Waals surface area contributed by atoms with E-state index >= 15 is 0 Å². The zero-order valence-electron chi connectivity index (χ0n) is 15.0. The Kier molecular flexibility index (Phi) is 5.16. The highest BCUT2D eigenvalue weighted by Gasteiger charge is 2.24. The number of carbonyl (C=O) groups excluding carboxylic acids is 1. The molecule has 1 aromatic carbocycles. The number of morpholine rings is 1. The second-order valence-corrected chi connectivity index (χ2v) is 7.00. The van der Waals surface area contributed by atoms with Gasteiger partial charge < -0.3 is 15.0 Å². The second kappa shape index (κ2) is 7.87. The molecular weight excluding hydrogens is 326 g/mol. The van der Waals surface area contributed by atoms with Gasteiger partial charge in [-0.3, -0.25) is 4.79 Å². The van der Waals surface area contributed by atoms with Gasteiger partial charge in [-0.1, -0.05) is 30.3 Å². The SMILES string of the molecule is O=C(C[C@@H]1CCc2ccccc21)NCc1cccnc1N1CCOCC1. The first-order chi connectivity index (χ1) is 12.8. The molecule has 0 saturated carbocycles. The number of rotatable bonds is 5. The van der Waals surface area contributed by atoms with Crippen LogP contribution in [0.1, 0.15) is 35.4 Å². The van der Waals surface area contributed by atoms with Crippen LogP contribution in [0, 0.1) is 0 Å². The number of ether oxygens (including phenoxy) is 1. The van der Waals surface area contributed by atoms with Crippen molar-refractivity contribution in [2.24, 2.45) is 0 Å². The van der Waals surface area contributed by atoms with Crippen LogP contribution in [0.15, 0.2) is 42.6 Å². The fourth-order valence-electron chi connectivity index (χ4n) is 3.98. The van der Waals surface area contributed by atoms with Crippen LogP contribution in [0.4, 0.5) is 5.82 Å².